The van der Waals surface area contributed by atoms with E-state index in [1.54, 1.807) is 48.5 Å². The predicted octanol–water partition coefficient (Wildman–Crippen LogP) is 11.6. The Hall–Kier alpha value is -5.74. The number of carbonyl (C=O) groups is 6. The van der Waals surface area contributed by atoms with E-state index in [1.165, 1.54) is 48.5 Å². The largest absolute Gasteiger partial charge is 0.322 e. The summed E-state index contributed by atoms with van der Waals surface area (Å²) in [6.45, 7) is 2.25. The fourth-order valence-electron chi connectivity index (χ4n) is 5.39. The van der Waals surface area contributed by atoms with Gasteiger partial charge in [-0.2, -0.15) is 20.5 Å². The lowest BCUT2D eigenvalue weighted by Gasteiger charge is -2.15. The van der Waals surface area contributed by atoms with Crippen molar-refractivity contribution in [2.24, 2.45) is 20.5 Å². The lowest BCUT2D eigenvalue weighted by atomic mass is 10.1. The van der Waals surface area contributed by atoms with Gasteiger partial charge in [-0.3, -0.25) is 28.8 Å². The van der Waals surface area contributed by atoms with Crippen molar-refractivity contribution in [1.82, 2.24) is 0 Å². The first-order chi connectivity index (χ1) is 29.6. The van der Waals surface area contributed by atoms with Crippen LogP contribution in [0.3, 0.4) is 0 Å². The predicted molar refractivity (Wildman–Crippen MR) is 242 cm³/mol. The molecule has 62 heavy (non-hydrogen) atoms. The summed E-state index contributed by atoms with van der Waals surface area (Å²) >= 11 is 37.3. The number of hydrogen-bond acceptors (Lipinski definition) is 10. The first-order valence-corrected chi connectivity index (χ1v) is 20.6. The molecular formula is C42H32Cl6N8O6. The van der Waals surface area contributed by atoms with Crippen LogP contribution in [0.25, 0.3) is 0 Å². The normalized spacial score (nSPS) is 12.1. The van der Waals surface area contributed by atoms with Crippen LogP contribution in [0.4, 0.5) is 34.1 Å². The number of halogens is 6. The molecule has 0 saturated heterocycles. The van der Waals surface area contributed by atoms with Crippen LogP contribution in [-0.2, 0) is 30.9 Å². The highest BCUT2D eigenvalue weighted by Gasteiger charge is 2.27. The number of amides is 4. The molecule has 0 saturated carbocycles. The van der Waals surface area contributed by atoms with Gasteiger partial charge in [-0.05, 0) is 97.8 Å². The maximum atomic E-state index is 13.3. The van der Waals surface area contributed by atoms with Crippen LogP contribution < -0.4 is 21.3 Å². The fourth-order valence-corrected chi connectivity index (χ4v) is 6.55. The molecule has 14 nitrogen and oxygen atoms in total. The molecule has 318 valence electrons. The molecular weight excluding hydrogens is 925 g/mol. The van der Waals surface area contributed by atoms with Crippen LogP contribution in [0.2, 0.25) is 20.1 Å². The van der Waals surface area contributed by atoms with Gasteiger partial charge >= 0.3 is 0 Å². The minimum atomic E-state index is -1.66. The third-order valence-corrected chi connectivity index (χ3v) is 10.7. The molecule has 2 atom stereocenters. The van der Waals surface area contributed by atoms with E-state index in [-0.39, 0.29) is 65.7 Å². The Bertz CT molecular complexity index is 2460. The molecule has 0 radical (unpaired) electrons. The van der Waals surface area contributed by atoms with Crippen molar-refractivity contribution in [2.75, 3.05) is 21.3 Å². The molecule has 2 unspecified atom stereocenters. The summed E-state index contributed by atoms with van der Waals surface area (Å²) in [5.74, 6) is -3.82. The molecule has 0 aromatic heterocycles. The first-order valence-electron chi connectivity index (χ1n) is 18.0. The Balaban J connectivity index is 1.25. The smallest absolute Gasteiger partial charge is 0.258 e. The van der Waals surface area contributed by atoms with Crippen molar-refractivity contribution >= 4 is 139 Å². The minimum Gasteiger partial charge on any atom is -0.322 e. The second-order valence-electron chi connectivity index (χ2n) is 13.1. The van der Waals surface area contributed by atoms with Crippen molar-refractivity contribution in [1.29, 1.82) is 0 Å². The van der Waals surface area contributed by atoms with Gasteiger partial charge in [-0.15, -0.1) is 23.2 Å². The van der Waals surface area contributed by atoms with E-state index in [9.17, 15) is 28.8 Å². The Labute approximate surface area is 384 Å². The Morgan fingerprint density at radius 3 is 1.26 bits per heavy atom. The maximum Gasteiger partial charge on any atom is 0.258 e. The van der Waals surface area contributed by atoms with E-state index in [0.29, 0.717) is 11.4 Å². The fraction of sp³-hybridized carbons (Fsp3) is 0.143. The molecule has 0 aliphatic carbocycles. The number of anilines is 4. The summed E-state index contributed by atoms with van der Waals surface area (Å²) in [6.07, 6.45) is 0. The van der Waals surface area contributed by atoms with Crippen LogP contribution >= 0.6 is 69.6 Å². The third kappa shape index (κ3) is 12.4. The number of alkyl halides is 2. The number of nitrogens with one attached hydrogen (secondary N) is 4. The topological polar surface area (TPSA) is 200 Å². The number of benzene rings is 5. The highest BCUT2D eigenvalue weighted by molar-refractivity contribution is 6.46. The molecule has 5 rings (SSSR count). The number of rotatable bonds is 16. The Morgan fingerprint density at radius 1 is 0.516 bits per heavy atom. The molecule has 0 bridgehead atoms. The Morgan fingerprint density at radius 2 is 0.903 bits per heavy atom. The molecule has 0 heterocycles. The molecule has 0 spiro atoms. The Kier molecular flexibility index (Phi) is 16.7. The van der Waals surface area contributed by atoms with Crippen LogP contribution in [0.1, 0.15) is 45.7 Å². The van der Waals surface area contributed by atoms with Gasteiger partial charge in [0, 0.05) is 23.1 Å². The van der Waals surface area contributed by atoms with Crippen LogP contribution in [0.15, 0.2) is 118 Å². The zero-order chi connectivity index (χ0) is 45.1. The summed E-state index contributed by atoms with van der Waals surface area (Å²) < 4.78 is 0. The lowest BCUT2D eigenvalue weighted by molar-refractivity contribution is -0.127. The second-order valence-corrected chi connectivity index (χ2v) is 15.2. The van der Waals surface area contributed by atoms with E-state index in [4.69, 9.17) is 69.6 Å². The van der Waals surface area contributed by atoms with E-state index in [1.807, 2.05) is 0 Å². The van der Waals surface area contributed by atoms with Crippen molar-refractivity contribution in [3.63, 3.8) is 0 Å². The zero-order valence-electron chi connectivity index (χ0n) is 32.3. The maximum absolute atomic E-state index is 13.3. The van der Waals surface area contributed by atoms with Crippen LogP contribution in [0, 0.1) is 0 Å². The SMILES string of the molecule is CC(=O)C(N=Nc1ccc(Cl)c(C(=O)Nc2cccc(CCl)c2)c1)C(=O)Nc1ccc(NC(=O)C(N=Nc2ccc(Cl)c(C(=O)Nc3cccc(CCl)c3)c2)C(C)=O)c(Cl)c1Cl. The van der Waals surface area contributed by atoms with Crippen LogP contribution in [-0.4, -0.2) is 47.3 Å². The summed E-state index contributed by atoms with van der Waals surface area (Å²) in [4.78, 5) is 77.7. The number of azo groups is 2. The van der Waals surface area contributed by atoms with Gasteiger partial charge in [0.2, 0.25) is 12.1 Å². The number of ketones is 2. The number of carbonyl (C=O) groups excluding carboxylic acids is 6. The third-order valence-electron chi connectivity index (χ3n) is 8.51. The molecule has 0 fully saturated rings. The van der Waals surface area contributed by atoms with Gasteiger partial charge < -0.3 is 21.3 Å². The van der Waals surface area contributed by atoms with Gasteiger partial charge in [0.05, 0.1) is 54.0 Å². The van der Waals surface area contributed by atoms with Crippen molar-refractivity contribution in [2.45, 2.75) is 37.7 Å². The van der Waals surface area contributed by atoms with E-state index in [0.717, 1.165) is 25.0 Å². The lowest BCUT2D eigenvalue weighted by Crippen LogP contribution is -2.32. The highest BCUT2D eigenvalue weighted by Crippen LogP contribution is 2.37. The number of hydrogen-bond donors (Lipinski definition) is 4. The molecule has 4 amide bonds. The molecule has 5 aromatic rings. The molecule has 4 N–H and O–H groups in total. The van der Waals surface area contributed by atoms with Crippen molar-refractivity contribution < 1.29 is 28.8 Å². The van der Waals surface area contributed by atoms with Crippen LogP contribution in [0.5, 0.6) is 0 Å². The molecule has 20 heteroatoms. The van der Waals surface area contributed by atoms with Crippen molar-refractivity contribution in [3.8, 4) is 0 Å². The van der Waals surface area contributed by atoms with Gasteiger partial charge in [-0.1, -0.05) is 70.7 Å². The monoisotopic (exact) mass is 954 g/mol. The average molecular weight is 957 g/mol. The van der Waals surface area contributed by atoms with Gasteiger partial charge in [0.25, 0.3) is 23.6 Å². The van der Waals surface area contributed by atoms with E-state index >= 15 is 0 Å². The standard InChI is InChI=1S/C42H32Cl6N8O6/c1-21(57)37(55-53-27-9-11-31(45)29(17-27)39(59)49-25-7-3-5-23(15-25)19-43)41(61)51-33-13-14-34(36(48)35(33)47)52-42(62)38(22(2)58)56-54-28-10-12-32(46)30(18-28)40(60)50-26-8-4-6-24(16-26)20-44/h3-18,37-38H,19-20H2,1-2H3,(H,49,59)(H,50,60)(H,51,61)(H,52,62). The molecule has 5 aromatic carbocycles. The number of Topliss-reactive ketones (excluding diaryl/α,β-unsaturated/α-hetero) is 2. The summed E-state index contributed by atoms with van der Waals surface area (Å²) in [6, 6.07) is 21.5. The molecule has 0 aliphatic heterocycles. The summed E-state index contributed by atoms with van der Waals surface area (Å²) in [5.41, 5.74) is 2.78. The average Bonchev–Trinajstić information content (AvgIpc) is 3.24. The number of nitrogens with zero attached hydrogens (tertiary/aromatic N) is 4. The van der Waals surface area contributed by atoms with Gasteiger partial charge in [0.1, 0.15) is 0 Å². The highest BCUT2D eigenvalue weighted by atomic mass is 35.5. The van der Waals surface area contributed by atoms with E-state index < -0.39 is 47.3 Å². The van der Waals surface area contributed by atoms with Crippen molar-refractivity contribution in [3.05, 3.63) is 139 Å². The zero-order valence-corrected chi connectivity index (χ0v) is 36.8. The van der Waals surface area contributed by atoms with Gasteiger partial charge in [0.15, 0.2) is 11.6 Å². The van der Waals surface area contributed by atoms with Gasteiger partial charge in [-0.25, -0.2) is 0 Å². The molecule has 0 aliphatic rings. The second kappa shape index (κ2) is 21.9. The quantitative estimate of drug-likeness (QED) is 0.0431. The summed E-state index contributed by atoms with van der Waals surface area (Å²) in [5, 5.41) is 26.0. The van der Waals surface area contributed by atoms with E-state index in [2.05, 4.69) is 41.7 Å². The minimum absolute atomic E-state index is 0.0532. The first kappa shape index (κ1) is 47.3. The summed E-state index contributed by atoms with van der Waals surface area (Å²) in [7, 11) is 0.